The summed E-state index contributed by atoms with van der Waals surface area (Å²) >= 11 is 0. The van der Waals surface area contributed by atoms with Gasteiger partial charge < -0.3 is 0 Å². The van der Waals surface area contributed by atoms with Crippen molar-refractivity contribution in [2.24, 2.45) is 17.8 Å². The molecule has 1 aromatic rings. The van der Waals surface area contributed by atoms with Crippen molar-refractivity contribution in [2.45, 2.75) is 77.0 Å². The Hall–Kier alpha value is -1.11. The molecule has 1 heteroatoms. The number of carbonyl (C=O) groups excluding carboxylic acids is 1. The summed E-state index contributed by atoms with van der Waals surface area (Å²) in [5.74, 6) is 2.64. The van der Waals surface area contributed by atoms with Crippen molar-refractivity contribution < 1.29 is 4.79 Å². The number of unbranched alkanes of at least 4 members (excludes halogenated alkanes) is 2. The Bertz CT molecular complexity index is 476. The predicted octanol–water partition coefficient (Wildman–Crippen LogP) is 5.97. The molecule has 3 unspecified atom stereocenters. The van der Waals surface area contributed by atoms with Crippen molar-refractivity contribution in [2.75, 3.05) is 0 Å². The molecule has 0 heterocycles. The molecule has 3 atom stereocenters. The molecule has 2 fully saturated rings. The van der Waals surface area contributed by atoms with E-state index >= 15 is 0 Å². The molecule has 3 rings (SSSR count). The Morgan fingerprint density at radius 1 is 0.870 bits per heavy atom. The molecule has 0 N–H and O–H groups in total. The van der Waals surface area contributed by atoms with Crippen LogP contribution in [0.5, 0.6) is 0 Å². The summed E-state index contributed by atoms with van der Waals surface area (Å²) in [6, 6.07) is 10.7. The SMILES string of the molecule is O=C(CCCCCc1ccccc1)C1CCCC2CCCCC21. The fourth-order valence-corrected chi connectivity index (χ4v) is 4.97. The van der Waals surface area contributed by atoms with Gasteiger partial charge >= 0.3 is 0 Å². The summed E-state index contributed by atoms with van der Waals surface area (Å²) < 4.78 is 0. The molecule has 0 spiro atoms. The van der Waals surface area contributed by atoms with Gasteiger partial charge in [-0.1, -0.05) is 68.9 Å². The third-order valence-electron chi connectivity index (χ3n) is 6.22. The Kier molecular flexibility index (Phi) is 6.30. The second kappa shape index (κ2) is 8.66. The Morgan fingerprint density at radius 3 is 2.52 bits per heavy atom. The zero-order valence-corrected chi connectivity index (χ0v) is 14.5. The van der Waals surface area contributed by atoms with Gasteiger partial charge in [0.05, 0.1) is 0 Å². The monoisotopic (exact) mass is 312 g/mol. The summed E-state index contributed by atoms with van der Waals surface area (Å²) in [6.07, 6.45) is 14.9. The number of Topliss-reactive ketones (excluding diaryl/α,β-unsaturated/α-hetero) is 1. The van der Waals surface area contributed by atoms with Crippen LogP contribution in [0, 0.1) is 17.8 Å². The van der Waals surface area contributed by atoms with Crippen molar-refractivity contribution in [1.82, 2.24) is 0 Å². The Morgan fingerprint density at radius 2 is 1.65 bits per heavy atom. The quantitative estimate of drug-likeness (QED) is 0.567. The number of ketones is 1. The highest BCUT2D eigenvalue weighted by atomic mass is 16.1. The minimum atomic E-state index is 0.420. The number of rotatable bonds is 7. The first kappa shape index (κ1) is 16.7. The average Bonchev–Trinajstić information content (AvgIpc) is 2.61. The van der Waals surface area contributed by atoms with E-state index in [4.69, 9.17) is 0 Å². The van der Waals surface area contributed by atoms with E-state index in [1.54, 1.807) is 0 Å². The summed E-state index contributed by atoms with van der Waals surface area (Å²) in [4.78, 5) is 12.7. The fourth-order valence-electron chi connectivity index (χ4n) is 4.97. The van der Waals surface area contributed by atoms with Crippen LogP contribution in [-0.2, 0) is 11.2 Å². The number of aryl methyl sites for hydroxylation is 1. The number of fused-ring (bicyclic) bond motifs is 1. The van der Waals surface area contributed by atoms with E-state index in [9.17, 15) is 4.79 Å². The maximum Gasteiger partial charge on any atom is 0.136 e. The zero-order valence-electron chi connectivity index (χ0n) is 14.5. The standard InChI is InChI=1S/C22H32O/c23-22(17-6-2-5-12-18-10-3-1-4-11-18)21-16-9-14-19-13-7-8-15-20(19)21/h1,3-4,10-11,19-21H,2,5-9,12-17H2. The van der Waals surface area contributed by atoms with Crippen LogP contribution in [0.25, 0.3) is 0 Å². The smallest absolute Gasteiger partial charge is 0.136 e. The molecule has 0 amide bonds. The second-order valence-corrected chi connectivity index (χ2v) is 7.76. The topological polar surface area (TPSA) is 17.1 Å². The molecule has 0 saturated heterocycles. The first-order chi connectivity index (χ1) is 11.3. The molecule has 2 aliphatic carbocycles. The van der Waals surface area contributed by atoms with Gasteiger partial charge in [-0.15, -0.1) is 0 Å². The third-order valence-corrected chi connectivity index (χ3v) is 6.22. The third kappa shape index (κ3) is 4.68. The van der Waals surface area contributed by atoms with Crippen LogP contribution in [0.2, 0.25) is 0 Å². The molecule has 0 radical (unpaired) electrons. The predicted molar refractivity (Wildman–Crippen MR) is 96.4 cm³/mol. The van der Waals surface area contributed by atoms with Crippen LogP contribution in [0.4, 0.5) is 0 Å². The van der Waals surface area contributed by atoms with Crippen LogP contribution in [-0.4, -0.2) is 5.78 Å². The molecule has 2 saturated carbocycles. The lowest BCUT2D eigenvalue weighted by molar-refractivity contribution is -0.127. The fraction of sp³-hybridized carbons (Fsp3) is 0.682. The van der Waals surface area contributed by atoms with E-state index in [1.807, 2.05) is 0 Å². The van der Waals surface area contributed by atoms with Crippen LogP contribution >= 0.6 is 0 Å². The highest BCUT2D eigenvalue weighted by Gasteiger charge is 2.37. The lowest BCUT2D eigenvalue weighted by Gasteiger charge is -2.40. The van der Waals surface area contributed by atoms with E-state index in [1.165, 1.54) is 63.4 Å². The van der Waals surface area contributed by atoms with E-state index < -0.39 is 0 Å². The second-order valence-electron chi connectivity index (χ2n) is 7.76. The van der Waals surface area contributed by atoms with E-state index in [0.717, 1.165) is 31.1 Å². The van der Waals surface area contributed by atoms with E-state index in [2.05, 4.69) is 30.3 Å². The molecule has 1 aromatic carbocycles. The normalized spacial score (nSPS) is 27.4. The number of benzene rings is 1. The zero-order chi connectivity index (χ0) is 15.9. The highest BCUT2D eigenvalue weighted by molar-refractivity contribution is 5.81. The lowest BCUT2D eigenvalue weighted by Crippen LogP contribution is -2.35. The molecule has 23 heavy (non-hydrogen) atoms. The average molecular weight is 312 g/mol. The molecular weight excluding hydrogens is 280 g/mol. The minimum absolute atomic E-state index is 0.420. The number of carbonyl (C=O) groups is 1. The van der Waals surface area contributed by atoms with E-state index in [-0.39, 0.29) is 0 Å². The minimum Gasteiger partial charge on any atom is -0.299 e. The van der Waals surface area contributed by atoms with E-state index in [0.29, 0.717) is 11.7 Å². The van der Waals surface area contributed by atoms with Gasteiger partial charge in [0.15, 0.2) is 0 Å². The molecule has 0 aliphatic heterocycles. The van der Waals surface area contributed by atoms with Gasteiger partial charge in [-0.2, -0.15) is 0 Å². The maximum atomic E-state index is 12.7. The van der Waals surface area contributed by atoms with Gasteiger partial charge in [-0.3, -0.25) is 4.79 Å². The van der Waals surface area contributed by atoms with Gasteiger partial charge in [-0.05, 0) is 49.5 Å². The van der Waals surface area contributed by atoms with Gasteiger partial charge in [0.25, 0.3) is 0 Å². The van der Waals surface area contributed by atoms with Gasteiger partial charge in [0.1, 0.15) is 5.78 Å². The van der Waals surface area contributed by atoms with Gasteiger partial charge in [0, 0.05) is 12.3 Å². The van der Waals surface area contributed by atoms with Crippen molar-refractivity contribution in [3.63, 3.8) is 0 Å². The van der Waals surface area contributed by atoms with Crippen LogP contribution in [0.3, 0.4) is 0 Å². The summed E-state index contributed by atoms with van der Waals surface area (Å²) in [7, 11) is 0. The summed E-state index contributed by atoms with van der Waals surface area (Å²) in [5.41, 5.74) is 1.43. The summed E-state index contributed by atoms with van der Waals surface area (Å²) in [5, 5.41) is 0. The van der Waals surface area contributed by atoms with Crippen LogP contribution in [0.1, 0.15) is 76.2 Å². The molecule has 0 bridgehead atoms. The number of hydrogen-bond acceptors (Lipinski definition) is 1. The Labute approximate surface area is 141 Å². The van der Waals surface area contributed by atoms with Crippen LogP contribution < -0.4 is 0 Å². The molecular formula is C22H32O. The molecule has 126 valence electrons. The first-order valence-corrected chi connectivity index (χ1v) is 9.91. The van der Waals surface area contributed by atoms with Gasteiger partial charge in [0.2, 0.25) is 0 Å². The lowest BCUT2D eigenvalue weighted by atomic mass is 9.64. The maximum absolute atomic E-state index is 12.7. The first-order valence-electron chi connectivity index (χ1n) is 9.91. The molecule has 0 aromatic heterocycles. The van der Waals surface area contributed by atoms with Crippen molar-refractivity contribution >= 4 is 5.78 Å². The number of hydrogen-bond donors (Lipinski definition) is 0. The molecule has 2 aliphatic rings. The molecule has 1 nitrogen and oxygen atoms in total. The highest BCUT2D eigenvalue weighted by Crippen LogP contribution is 2.44. The summed E-state index contributed by atoms with van der Waals surface area (Å²) in [6.45, 7) is 0. The van der Waals surface area contributed by atoms with Crippen LogP contribution in [0.15, 0.2) is 30.3 Å². The van der Waals surface area contributed by atoms with Crippen molar-refractivity contribution in [1.29, 1.82) is 0 Å². The van der Waals surface area contributed by atoms with Crippen molar-refractivity contribution in [3.8, 4) is 0 Å². The largest absolute Gasteiger partial charge is 0.299 e. The van der Waals surface area contributed by atoms with Gasteiger partial charge in [-0.25, -0.2) is 0 Å². The Balaban J connectivity index is 1.37. The van der Waals surface area contributed by atoms with Crippen molar-refractivity contribution in [3.05, 3.63) is 35.9 Å².